The first-order valence-electron chi connectivity index (χ1n) is 6.48. The zero-order valence-electron chi connectivity index (χ0n) is 10.7. The van der Waals surface area contributed by atoms with Crippen LogP contribution in [0.25, 0.3) is 0 Å². The van der Waals surface area contributed by atoms with Gasteiger partial charge in [-0.2, -0.15) is 0 Å². The van der Waals surface area contributed by atoms with Crippen LogP contribution >= 0.6 is 0 Å². The maximum Gasteiger partial charge on any atom is 0.0234 e. The number of benzene rings is 1. The smallest absolute Gasteiger partial charge is 0.0234 e. The van der Waals surface area contributed by atoms with Crippen LogP contribution in [0.4, 0.5) is 0 Å². The van der Waals surface area contributed by atoms with E-state index >= 15 is 0 Å². The van der Waals surface area contributed by atoms with Crippen molar-refractivity contribution in [2.45, 2.75) is 19.5 Å². The van der Waals surface area contributed by atoms with Crippen molar-refractivity contribution >= 4 is 0 Å². The fourth-order valence-electron chi connectivity index (χ4n) is 2.38. The Hall–Kier alpha value is -0.900. The van der Waals surface area contributed by atoms with E-state index in [9.17, 15) is 0 Å². The maximum atomic E-state index is 5.83. The zero-order chi connectivity index (χ0) is 12.1. The third kappa shape index (κ3) is 4.11. The average Bonchev–Trinajstić information content (AvgIpc) is 2.32. The molecule has 0 aliphatic carbocycles. The topological polar surface area (TPSA) is 32.5 Å². The van der Waals surface area contributed by atoms with Crippen molar-refractivity contribution in [1.82, 2.24) is 9.80 Å². The van der Waals surface area contributed by atoms with Crippen molar-refractivity contribution in [2.75, 3.05) is 32.7 Å². The van der Waals surface area contributed by atoms with Crippen LogP contribution in [0, 0.1) is 0 Å². The largest absolute Gasteiger partial charge is 0.327 e. The summed E-state index contributed by atoms with van der Waals surface area (Å²) in [4.78, 5) is 4.99. The first kappa shape index (κ1) is 12.6. The minimum atomic E-state index is 0.288. The van der Waals surface area contributed by atoms with Crippen molar-refractivity contribution in [3.8, 4) is 0 Å². The van der Waals surface area contributed by atoms with E-state index in [1.165, 1.54) is 5.56 Å². The van der Waals surface area contributed by atoms with Gasteiger partial charge in [0.1, 0.15) is 0 Å². The van der Waals surface area contributed by atoms with E-state index in [1.54, 1.807) is 0 Å². The Kier molecular flexibility index (Phi) is 4.54. The van der Waals surface area contributed by atoms with E-state index in [0.717, 1.165) is 39.3 Å². The molecule has 1 aromatic carbocycles. The van der Waals surface area contributed by atoms with Gasteiger partial charge in [0.05, 0.1) is 0 Å². The van der Waals surface area contributed by atoms with Crippen molar-refractivity contribution in [3.05, 3.63) is 35.9 Å². The van der Waals surface area contributed by atoms with Gasteiger partial charge in [0.2, 0.25) is 0 Å². The van der Waals surface area contributed by atoms with Gasteiger partial charge in [-0.1, -0.05) is 30.3 Å². The van der Waals surface area contributed by atoms with Gasteiger partial charge in [-0.3, -0.25) is 9.80 Å². The first-order valence-corrected chi connectivity index (χ1v) is 6.48. The second-order valence-corrected chi connectivity index (χ2v) is 5.04. The highest BCUT2D eigenvalue weighted by atomic mass is 15.3. The highest BCUT2D eigenvalue weighted by molar-refractivity contribution is 5.14. The molecule has 0 radical (unpaired) electrons. The number of piperazine rings is 1. The number of hydrogen-bond acceptors (Lipinski definition) is 3. The van der Waals surface area contributed by atoms with Gasteiger partial charge in [0.25, 0.3) is 0 Å². The first-order chi connectivity index (χ1) is 8.24. The van der Waals surface area contributed by atoms with E-state index in [2.05, 4.69) is 47.1 Å². The molecule has 0 amide bonds. The third-order valence-corrected chi connectivity index (χ3v) is 3.26. The summed E-state index contributed by atoms with van der Waals surface area (Å²) in [5.74, 6) is 0. The van der Waals surface area contributed by atoms with E-state index < -0.39 is 0 Å². The van der Waals surface area contributed by atoms with Crippen LogP contribution in [0.1, 0.15) is 12.5 Å². The van der Waals surface area contributed by atoms with Crippen molar-refractivity contribution in [2.24, 2.45) is 5.73 Å². The Morgan fingerprint density at radius 2 is 1.65 bits per heavy atom. The summed E-state index contributed by atoms with van der Waals surface area (Å²) < 4.78 is 0. The van der Waals surface area contributed by atoms with Crippen molar-refractivity contribution < 1.29 is 0 Å². The summed E-state index contributed by atoms with van der Waals surface area (Å²) in [6.07, 6.45) is 0. The number of hydrogen-bond donors (Lipinski definition) is 1. The minimum Gasteiger partial charge on any atom is -0.327 e. The predicted molar refractivity (Wildman–Crippen MR) is 71.8 cm³/mol. The zero-order valence-corrected chi connectivity index (χ0v) is 10.7. The molecule has 1 atom stereocenters. The van der Waals surface area contributed by atoms with E-state index in [0.29, 0.717) is 0 Å². The molecule has 1 aliphatic heterocycles. The van der Waals surface area contributed by atoms with Crippen LogP contribution in [0.5, 0.6) is 0 Å². The Bertz CT molecular complexity index is 315. The molecule has 1 fully saturated rings. The Labute approximate surface area is 104 Å². The van der Waals surface area contributed by atoms with Gasteiger partial charge in [-0.15, -0.1) is 0 Å². The lowest BCUT2D eigenvalue weighted by Crippen LogP contribution is -2.48. The monoisotopic (exact) mass is 233 g/mol. The van der Waals surface area contributed by atoms with Crippen LogP contribution < -0.4 is 5.73 Å². The molecular weight excluding hydrogens is 210 g/mol. The van der Waals surface area contributed by atoms with Crippen LogP contribution in [0.2, 0.25) is 0 Å². The van der Waals surface area contributed by atoms with Crippen molar-refractivity contribution in [1.29, 1.82) is 0 Å². The Morgan fingerprint density at radius 1 is 1.06 bits per heavy atom. The van der Waals surface area contributed by atoms with Crippen LogP contribution in [0.3, 0.4) is 0 Å². The van der Waals surface area contributed by atoms with Gasteiger partial charge in [-0.05, 0) is 12.5 Å². The molecule has 3 nitrogen and oxygen atoms in total. The van der Waals surface area contributed by atoms with Gasteiger partial charge in [0, 0.05) is 45.3 Å². The van der Waals surface area contributed by atoms with Crippen molar-refractivity contribution in [3.63, 3.8) is 0 Å². The molecule has 2 N–H and O–H groups in total. The van der Waals surface area contributed by atoms with E-state index in [1.807, 2.05) is 0 Å². The summed E-state index contributed by atoms with van der Waals surface area (Å²) in [6, 6.07) is 11.0. The molecule has 1 heterocycles. The maximum absolute atomic E-state index is 5.83. The fraction of sp³-hybridized carbons (Fsp3) is 0.571. The second kappa shape index (κ2) is 6.15. The normalized spacial score (nSPS) is 20.4. The standard InChI is InChI=1S/C14H23N3/c1-13(15)11-16-7-9-17(10-8-16)12-14-5-3-2-4-6-14/h2-6,13H,7-12,15H2,1H3. The third-order valence-electron chi connectivity index (χ3n) is 3.26. The molecule has 2 rings (SSSR count). The summed E-state index contributed by atoms with van der Waals surface area (Å²) >= 11 is 0. The van der Waals surface area contributed by atoms with E-state index in [-0.39, 0.29) is 6.04 Å². The molecule has 1 aromatic rings. The van der Waals surface area contributed by atoms with Crippen LogP contribution in [-0.4, -0.2) is 48.6 Å². The molecule has 0 spiro atoms. The molecule has 1 unspecified atom stereocenters. The summed E-state index contributed by atoms with van der Waals surface area (Å²) in [5.41, 5.74) is 7.24. The van der Waals surface area contributed by atoms with Gasteiger partial charge >= 0.3 is 0 Å². The lowest BCUT2D eigenvalue weighted by molar-refractivity contribution is 0.123. The van der Waals surface area contributed by atoms with Crippen LogP contribution in [0.15, 0.2) is 30.3 Å². The lowest BCUT2D eigenvalue weighted by Gasteiger charge is -2.35. The Morgan fingerprint density at radius 3 is 2.24 bits per heavy atom. The molecule has 1 aliphatic rings. The highest BCUT2D eigenvalue weighted by Crippen LogP contribution is 2.08. The number of nitrogens with zero attached hydrogens (tertiary/aromatic N) is 2. The average molecular weight is 233 g/mol. The molecule has 17 heavy (non-hydrogen) atoms. The second-order valence-electron chi connectivity index (χ2n) is 5.04. The van der Waals surface area contributed by atoms with Gasteiger partial charge in [0.15, 0.2) is 0 Å². The fourth-order valence-corrected chi connectivity index (χ4v) is 2.38. The number of nitrogens with two attached hydrogens (primary N) is 1. The van der Waals surface area contributed by atoms with Crippen LogP contribution in [-0.2, 0) is 6.54 Å². The van der Waals surface area contributed by atoms with Gasteiger partial charge < -0.3 is 5.73 Å². The molecule has 1 saturated heterocycles. The molecule has 94 valence electrons. The number of rotatable bonds is 4. The van der Waals surface area contributed by atoms with E-state index in [4.69, 9.17) is 5.73 Å². The quantitative estimate of drug-likeness (QED) is 0.847. The molecule has 3 heteroatoms. The van der Waals surface area contributed by atoms with Gasteiger partial charge in [-0.25, -0.2) is 0 Å². The predicted octanol–water partition coefficient (Wildman–Crippen LogP) is 1.15. The molecule has 0 saturated carbocycles. The molecule has 0 aromatic heterocycles. The summed E-state index contributed by atoms with van der Waals surface area (Å²) in [6.45, 7) is 8.79. The summed E-state index contributed by atoms with van der Waals surface area (Å²) in [5, 5.41) is 0. The highest BCUT2D eigenvalue weighted by Gasteiger charge is 2.17. The lowest BCUT2D eigenvalue weighted by atomic mass is 10.2. The minimum absolute atomic E-state index is 0.288. The molecular formula is C14H23N3. The molecule has 0 bridgehead atoms. The SMILES string of the molecule is CC(N)CN1CCN(Cc2ccccc2)CC1. The summed E-state index contributed by atoms with van der Waals surface area (Å²) in [7, 11) is 0. The Balaban J connectivity index is 1.76.